The van der Waals surface area contributed by atoms with E-state index in [2.05, 4.69) is 24.1 Å². The lowest BCUT2D eigenvalue weighted by Gasteiger charge is -2.67. The number of benzene rings is 2. The highest BCUT2D eigenvalue weighted by Gasteiger charge is 2.73. The fourth-order valence-corrected chi connectivity index (χ4v) is 8.10. The smallest absolute Gasteiger partial charge is 0.164 e. The van der Waals surface area contributed by atoms with Gasteiger partial charge in [0.05, 0.1) is 12.7 Å². The quantitative estimate of drug-likeness (QED) is 0.724. The number of rotatable bonds is 1. The van der Waals surface area contributed by atoms with Gasteiger partial charge in [-0.05, 0) is 68.5 Å². The minimum Gasteiger partial charge on any atom is -0.504 e. The number of nitrogens with zero attached hydrogens (tertiary/aromatic N) is 1. The van der Waals surface area contributed by atoms with Crippen LogP contribution in [0, 0.1) is 11.3 Å². The molecule has 1 aliphatic heterocycles. The van der Waals surface area contributed by atoms with Gasteiger partial charge in [0.25, 0.3) is 0 Å². The van der Waals surface area contributed by atoms with Crippen molar-refractivity contribution in [2.45, 2.75) is 56.1 Å². The average Bonchev–Trinajstić information content (AvgIpc) is 3.14. The molecule has 0 radical (unpaired) electrons. The van der Waals surface area contributed by atoms with Gasteiger partial charge in [0, 0.05) is 28.4 Å². The largest absolute Gasteiger partial charge is 0.504 e. The van der Waals surface area contributed by atoms with E-state index in [9.17, 15) is 15.0 Å². The molecule has 168 valence electrons. The van der Waals surface area contributed by atoms with Gasteiger partial charge in [-0.3, -0.25) is 4.79 Å². The number of aliphatic hydroxyl groups is 1. The number of hydrogen-bond acceptors (Lipinski definition) is 5. The zero-order valence-electron chi connectivity index (χ0n) is 19.0. The Labute approximate surface area is 189 Å². The van der Waals surface area contributed by atoms with Gasteiger partial charge in [-0.25, -0.2) is 0 Å². The van der Waals surface area contributed by atoms with E-state index in [1.807, 2.05) is 25.1 Å². The van der Waals surface area contributed by atoms with E-state index in [1.165, 1.54) is 11.1 Å². The van der Waals surface area contributed by atoms with E-state index >= 15 is 0 Å². The molecule has 2 fully saturated rings. The second-order valence-electron chi connectivity index (χ2n) is 10.7. The number of aromatic hydroxyl groups is 1. The predicted molar refractivity (Wildman–Crippen MR) is 121 cm³/mol. The maximum absolute atomic E-state index is 14.3. The van der Waals surface area contributed by atoms with Crippen molar-refractivity contribution in [3.63, 3.8) is 0 Å². The molecule has 2 N–H and O–H groups in total. The predicted octanol–water partition coefficient (Wildman–Crippen LogP) is 3.02. The Morgan fingerprint density at radius 1 is 1.09 bits per heavy atom. The molecule has 32 heavy (non-hydrogen) atoms. The van der Waals surface area contributed by atoms with Crippen LogP contribution in [0.25, 0.3) is 0 Å². The highest BCUT2D eigenvalue weighted by atomic mass is 16.5. The molecule has 6 rings (SSSR count). The number of phenolic OH excluding ortho intramolecular Hbond substituents is 1. The van der Waals surface area contributed by atoms with Crippen LogP contribution in [0.2, 0.25) is 0 Å². The van der Waals surface area contributed by atoms with Gasteiger partial charge >= 0.3 is 0 Å². The second kappa shape index (κ2) is 6.36. The lowest BCUT2D eigenvalue weighted by molar-refractivity contribution is -0.204. The lowest BCUT2D eigenvalue weighted by Crippen LogP contribution is -2.77. The minimum absolute atomic E-state index is 0.0749. The van der Waals surface area contributed by atoms with E-state index in [-0.39, 0.29) is 23.5 Å². The molecule has 4 aliphatic rings. The van der Waals surface area contributed by atoms with Gasteiger partial charge in [0.2, 0.25) is 0 Å². The van der Waals surface area contributed by atoms with Crippen molar-refractivity contribution in [3.8, 4) is 11.5 Å². The van der Waals surface area contributed by atoms with Crippen LogP contribution >= 0.6 is 0 Å². The normalized spacial score (nSPS) is 34.7. The number of fused-ring (bicyclic) bond motifs is 2. The molecule has 5 heteroatoms. The van der Waals surface area contributed by atoms with Crippen molar-refractivity contribution in [1.29, 1.82) is 0 Å². The van der Waals surface area contributed by atoms with Crippen LogP contribution in [-0.4, -0.2) is 53.2 Å². The van der Waals surface area contributed by atoms with Crippen molar-refractivity contribution in [3.05, 3.63) is 58.7 Å². The third-order valence-corrected chi connectivity index (χ3v) is 9.44. The third-order valence-electron chi connectivity index (χ3n) is 9.44. The molecule has 4 atom stereocenters. The zero-order chi connectivity index (χ0) is 22.5. The van der Waals surface area contributed by atoms with Crippen LogP contribution < -0.4 is 4.74 Å². The number of likely N-dealkylation sites (N-methyl/N-ethyl adjacent to an activating group) is 1. The number of carbonyl (C=O) groups excluding carboxylic acids is 1. The molecule has 1 saturated heterocycles. The highest BCUT2D eigenvalue weighted by Crippen LogP contribution is 2.66. The van der Waals surface area contributed by atoms with Gasteiger partial charge in [0.15, 0.2) is 11.5 Å². The summed E-state index contributed by atoms with van der Waals surface area (Å²) in [6, 6.07) is 11.9. The van der Waals surface area contributed by atoms with E-state index in [4.69, 9.17) is 4.74 Å². The molecular formula is C27H31NO4. The number of carbonyl (C=O) groups is 1. The van der Waals surface area contributed by atoms with Gasteiger partial charge in [0.1, 0.15) is 5.78 Å². The van der Waals surface area contributed by atoms with Crippen molar-refractivity contribution in [1.82, 2.24) is 4.90 Å². The minimum atomic E-state index is -1.08. The molecule has 1 heterocycles. The summed E-state index contributed by atoms with van der Waals surface area (Å²) in [4.78, 5) is 16.5. The van der Waals surface area contributed by atoms with Gasteiger partial charge < -0.3 is 19.8 Å². The summed E-state index contributed by atoms with van der Waals surface area (Å²) in [7, 11) is 3.66. The first-order valence-corrected chi connectivity index (χ1v) is 11.7. The van der Waals surface area contributed by atoms with Crippen molar-refractivity contribution >= 4 is 5.78 Å². The maximum Gasteiger partial charge on any atom is 0.164 e. The lowest BCUT2D eigenvalue weighted by atomic mass is 9.41. The van der Waals surface area contributed by atoms with Crippen molar-refractivity contribution in [2.24, 2.45) is 11.3 Å². The third kappa shape index (κ3) is 2.19. The van der Waals surface area contributed by atoms with Gasteiger partial charge in [-0.15, -0.1) is 0 Å². The van der Waals surface area contributed by atoms with E-state index in [0.717, 1.165) is 17.7 Å². The van der Waals surface area contributed by atoms with Gasteiger partial charge in [-0.1, -0.05) is 37.3 Å². The Morgan fingerprint density at radius 3 is 2.44 bits per heavy atom. The molecule has 3 aliphatic carbocycles. The number of phenols is 1. The first kappa shape index (κ1) is 20.3. The van der Waals surface area contributed by atoms with Crippen molar-refractivity contribution in [2.75, 3.05) is 20.7 Å². The number of likely N-dealkylation sites (tertiary alicyclic amines) is 1. The van der Waals surface area contributed by atoms with E-state index in [1.54, 1.807) is 13.2 Å². The number of Topliss-reactive ketones (excluding diaryl/α,β-unsaturated/α-hetero) is 1. The van der Waals surface area contributed by atoms with Crippen LogP contribution in [0.4, 0.5) is 0 Å². The molecule has 0 amide bonds. The highest BCUT2D eigenvalue weighted by molar-refractivity contribution is 5.92. The maximum atomic E-state index is 14.3. The second-order valence-corrected chi connectivity index (χ2v) is 10.7. The topological polar surface area (TPSA) is 70.0 Å². The Hall–Kier alpha value is -2.37. The summed E-state index contributed by atoms with van der Waals surface area (Å²) >= 11 is 0. The number of methoxy groups -OCH3 is 1. The fourth-order valence-electron chi connectivity index (χ4n) is 8.10. The van der Waals surface area contributed by atoms with Crippen LogP contribution in [-0.2, 0) is 29.5 Å². The summed E-state index contributed by atoms with van der Waals surface area (Å²) in [6.45, 7) is 2.81. The van der Waals surface area contributed by atoms with Crippen LogP contribution in [0.15, 0.2) is 36.4 Å². The Morgan fingerprint density at radius 2 is 1.78 bits per heavy atom. The average molecular weight is 434 g/mol. The summed E-state index contributed by atoms with van der Waals surface area (Å²) in [6.07, 6.45) is 3.20. The molecule has 1 saturated carbocycles. The number of ketones is 1. The summed E-state index contributed by atoms with van der Waals surface area (Å²) in [5.41, 5.74) is 1.99. The molecule has 2 aromatic rings. The molecule has 5 nitrogen and oxygen atoms in total. The standard InChI is InChI=1S/C27H31NO4/c1-16-24(30)25(13-18-6-4-5-7-19(18)14-25)15-27(31)21-12-17-8-9-20(29)23(32-3)22(17)26(16,27)10-11-28(21)2/h4-9,16,21,29,31H,10-15H2,1-3H3/t16?,21-,26-,27-/m1/s1. The SMILES string of the molecule is COc1c(O)ccc2c1[C@]13CCN(C)[C@H](C2)[C@]1(O)CC1(Cc2ccccc2C1)C(=O)C3C. The Kier molecular flexibility index (Phi) is 4.02. The van der Waals surface area contributed by atoms with Crippen molar-refractivity contribution < 1.29 is 19.7 Å². The number of ether oxygens (including phenoxy) is 1. The molecular weight excluding hydrogens is 402 g/mol. The molecule has 2 aromatic carbocycles. The number of piperidine rings is 1. The van der Waals surface area contributed by atoms with E-state index < -0.39 is 16.4 Å². The fraction of sp³-hybridized carbons (Fsp3) is 0.519. The zero-order valence-corrected chi connectivity index (χ0v) is 19.0. The summed E-state index contributed by atoms with van der Waals surface area (Å²) in [5.74, 6) is 0.379. The molecule has 1 unspecified atom stereocenters. The Balaban J connectivity index is 1.59. The van der Waals surface area contributed by atoms with Gasteiger partial charge in [-0.2, -0.15) is 0 Å². The number of hydrogen-bond donors (Lipinski definition) is 2. The Bertz CT molecular complexity index is 1120. The van der Waals surface area contributed by atoms with Crippen LogP contribution in [0.5, 0.6) is 11.5 Å². The molecule has 1 spiro atoms. The van der Waals surface area contributed by atoms with Crippen LogP contribution in [0.3, 0.4) is 0 Å². The van der Waals surface area contributed by atoms with Crippen LogP contribution in [0.1, 0.15) is 42.0 Å². The first-order chi connectivity index (χ1) is 15.3. The first-order valence-electron chi connectivity index (χ1n) is 11.7. The summed E-state index contributed by atoms with van der Waals surface area (Å²) in [5, 5.41) is 23.4. The molecule has 0 aromatic heterocycles. The van der Waals surface area contributed by atoms with E-state index in [0.29, 0.717) is 37.9 Å². The summed E-state index contributed by atoms with van der Waals surface area (Å²) < 4.78 is 5.72. The molecule has 2 bridgehead atoms. The monoisotopic (exact) mass is 433 g/mol.